The number of nitrogens with zero attached hydrogens (tertiary/aromatic N) is 1. The molecule has 0 radical (unpaired) electrons. The lowest BCUT2D eigenvalue weighted by atomic mass is 10.2. The van der Waals surface area contributed by atoms with Crippen molar-refractivity contribution in [1.29, 1.82) is 0 Å². The predicted octanol–water partition coefficient (Wildman–Crippen LogP) is 4.48. The van der Waals surface area contributed by atoms with E-state index in [1.54, 1.807) is 66.7 Å². The molecule has 0 saturated heterocycles. The smallest absolute Gasteiger partial charge is 0.343 e. The van der Waals surface area contributed by atoms with Gasteiger partial charge < -0.3 is 18.9 Å². The zero-order valence-electron chi connectivity index (χ0n) is 19.2. The summed E-state index contributed by atoms with van der Waals surface area (Å²) in [5, 5.41) is 4.00. The molecule has 0 bridgehead atoms. The molecule has 1 N–H and O–H groups in total. The number of nitrogens with one attached hydrogen (secondary N) is 1. The normalized spacial score (nSPS) is 10.6. The summed E-state index contributed by atoms with van der Waals surface area (Å²) in [6, 6.07) is 18.5. The number of hydrogen-bond donors (Lipinski definition) is 1. The number of rotatable bonds is 10. The third-order valence-electron chi connectivity index (χ3n) is 4.60. The van der Waals surface area contributed by atoms with Gasteiger partial charge in [-0.05, 0) is 74.0 Å². The van der Waals surface area contributed by atoms with Gasteiger partial charge in [0.05, 0.1) is 37.7 Å². The van der Waals surface area contributed by atoms with Gasteiger partial charge >= 0.3 is 5.97 Å². The van der Waals surface area contributed by atoms with Gasteiger partial charge in [0.25, 0.3) is 5.91 Å². The summed E-state index contributed by atoms with van der Waals surface area (Å²) < 4.78 is 21.7. The Morgan fingerprint density at radius 2 is 1.62 bits per heavy atom. The molecule has 0 atom stereocenters. The third kappa shape index (κ3) is 6.35. The lowest BCUT2D eigenvalue weighted by Crippen LogP contribution is -2.18. The first-order chi connectivity index (χ1) is 16.5. The zero-order chi connectivity index (χ0) is 24.3. The summed E-state index contributed by atoms with van der Waals surface area (Å²) in [5.41, 5.74) is 3.88. The SMILES string of the molecule is CCOc1ccc(C(=O)Oc2ccc(/C=N\NC(=O)c3ccccc3OCC)cc2OC)cc1. The van der Waals surface area contributed by atoms with Crippen LogP contribution in [0.25, 0.3) is 0 Å². The van der Waals surface area contributed by atoms with E-state index in [-0.39, 0.29) is 5.75 Å². The number of para-hydroxylation sites is 1. The molecular weight excluding hydrogens is 436 g/mol. The number of hydrazone groups is 1. The van der Waals surface area contributed by atoms with Crippen LogP contribution in [0.5, 0.6) is 23.0 Å². The minimum atomic E-state index is -0.525. The minimum Gasteiger partial charge on any atom is -0.494 e. The fourth-order valence-electron chi connectivity index (χ4n) is 3.02. The van der Waals surface area contributed by atoms with Crippen LogP contribution in [0.3, 0.4) is 0 Å². The Kier molecular flexibility index (Phi) is 8.62. The number of benzene rings is 3. The number of ether oxygens (including phenoxy) is 4. The van der Waals surface area contributed by atoms with Crippen molar-refractivity contribution in [2.24, 2.45) is 5.10 Å². The van der Waals surface area contributed by atoms with Gasteiger partial charge in [0, 0.05) is 0 Å². The van der Waals surface area contributed by atoms with Gasteiger partial charge in [-0.15, -0.1) is 0 Å². The molecule has 8 heteroatoms. The van der Waals surface area contributed by atoms with Crippen molar-refractivity contribution in [3.05, 3.63) is 83.4 Å². The molecule has 3 aromatic carbocycles. The molecule has 34 heavy (non-hydrogen) atoms. The average Bonchev–Trinajstić information content (AvgIpc) is 2.86. The highest BCUT2D eigenvalue weighted by Crippen LogP contribution is 2.28. The summed E-state index contributed by atoms with van der Waals surface area (Å²) in [6.45, 7) is 4.72. The van der Waals surface area contributed by atoms with Gasteiger partial charge in [0.2, 0.25) is 0 Å². The van der Waals surface area contributed by atoms with Crippen molar-refractivity contribution >= 4 is 18.1 Å². The van der Waals surface area contributed by atoms with Crippen molar-refractivity contribution in [3.63, 3.8) is 0 Å². The quantitative estimate of drug-likeness (QED) is 0.207. The van der Waals surface area contributed by atoms with Gasteiger partial charge in [0.15, 0.2) is 11.5 Å². The van der Waals surface area contributed by atoms with Crippen LogP contribution in [-0.2, 0) is 0 Å². The zero-order valence-corrected chi connectivity index (χ0v) is 19.2. The van der Waals surface area contributed by atoms with E-state index in [2.05, 4.69) is 10.5 Å². The number of methoxy groups -OCH3 is 1. The summed E-state index contributed by atoms with van der Waals surface area (Å²) in [5.74, 6) is 0.840. The van der Waals surface area contributed by atoms with Crippen molar-refractivity contribution in [1.82, 2.24) is 5.43 Å². The molecule has 1 amide bonds. The maximum atomic E-state index is 12.5. The van der Waals surface area contributed by atoms with E-state index >= 15 is 0 Å². The highest BCUT2D eigenvalue weighted by atomic mass is 16.6. The maximum Gasteiger partial charge on any atom is 0.343 e. The Labute approximate surface area is 198 Å². The molecule has 0 unspecified atom stereocenters. The van der Waals surface area contributed by atoms with E-state index in [1.807, 2.05) is 13.8 Å². The highest BCUT2D eigenvalue weighted by Gasteiger charge is 2.14. The summed E-state index contributed by atoms with van der Waals surface area (Å²) in [4.78, 5) is 24.9. The molecular formula is C26H26N2O6. The molecule has 3 aromatic rings. The molecule has 0 heterocycles. The number of amides is 1. The van der Waals surface area contributed by atoms with Crippen molar-refractivity contribution < 1.29 is 28.5 Å². The largest absolute Gasteiger partial charge is 0.494 e. The van der Waals surface area contributed by atoms with Crippen molar-refractivity contribution in [2.75, 3.05) is 20.3 Å². The van der Waals surface area contributed by atoms with E-state index in [0.29, 0.717) is 47.2 Å². The predicted molar refractivity (Wildman–Crippen MR) is 128 cm³/mol. The molecule has 8 nitrogen and oxygen atoms in total. The Balaban J connectivity index is 1.66. The second-order valence-electron chi connectivity index (χ2n) is 6.89. The standard InChI is InChI=1S/C26H26N2O6/c1-4-32-20-13-11-19(12-14-20)26(30)34-23-15-10-18(16-24(23)31-3)17-27-28-25(29)21-8-6-7-9-22(21)33-5-2/h6-17H,4-5H2,1-3H3,(H,28,29)/b27-17-. The van der Waals surface area contributed by atoms with Crippen LogP contribution in [-0.4, -0.2) is 38.4 Å². The summed E-state index contributed by atoms with van der Waals surface area (Å²) >= 11 is 0. The van der Waals surface area contributed by atoms with E-state index < -0.39 is 11.9 Å². The molecule has 0 fully saturated rings. The van der Waals surface area contributed by atoms with E-state index in [9.17, 15) is 9.59 Å². The van der Waals surface area contributed by atoms with Crippen LogP contribution in [0.4, 0.5) is 0 Å². The lowest BCUT2D eigenvalue weighted by molar-refractivity contribution is 0.0729. The van der Waals surface area contributed by atoms with Crippen LogP contribution >= 0.6 is 0 Å². The number of carbonyl (C=O) groups is 2. The fourth-order valence-corrected chi connectivity index (χ4v) is 3.02. The first-order valence-corrected chi connectivity index (χ1v) is 10.7. The maximum absolute atomic E-state index is 12.5. The van der Waals surface area contributed by atoms with Crippen LogP contribution < -0.4 is 24.4 Å². The summed E-state index contributed by atoms with van der Waals surface area (Å²) in [6.07, 6.45) is 1.46. The third-order valence-corrected chi connectivity index (χ3v) is 4.60. The Morgan fingerprint density at radius 1 is 0.882 bits per heavy atom. The Bertz CT molecular complexity index is 1160. The van der Waals surface area contributed by atoms with Gasteiger partial charge in [0.1, 0.15) is 11.5 Å². The Hall–Kier alpha value is -4.33. The minimum absolute atomic E-state index is 0.258. The second-order valence-corrected chi connectivity index (χ2v) is 6.89. The number of hydrogen-bond acceptors (Lipinski definition) is 7. The van der Waals surface area contributed by atoms with Crippen LogP contribution in [0.2, 0.25) is 0 Å². The van der Waals surface area contributed by atoms with Crippen LogP contribution in [0.15, 0.2) is 71.8 Å². The van der Waals surface area contributed by atoms with Gasteiger partial charge in [-0.1, -0.05) is 12.1 Å². The molecule has 0 aliphatic rings. The van der Waals surface area contributed by atoms with E-state index in [1.165, 1.54) is 13.3 Å². The Morgan fingerprint density at radius 3 is 2.32 bits per heavy atom. The fraction of sp³-hybridized carbons (Fsp3) is 0.192. The van der Waals surface area contributed by atoms with Crippen molar-refractivity contribution in [2.45, 2.75) is 13.8 Å². The van der Waals surface area contributed by atoms with Gasteiger partial charge in [-0.2, -0.15) is 5.10 Å². The molecule has 0 spiro atoms. The molecule has 0 aliphatic carbocycles. The topological polar surface area (TPSA) is 95.5 Å². The lowest BCUT2D eigenvalue weighted by Gasteiger charge is -2.10. The monoisotopic (exact) mass is 462 g/mol. The molecule has 0 aromatic heterocycles. The first kappa shape index (κ1) is 24.3. The van der Waals surface area contributed by atoms with E-state index in [0.717, 1.165) is 0 Å². The average molecular weight is 463 g/mol. The van der Waals surface area contributed by atoms with Crippen molar-refractivity contribution in [3.8, 4) is 23.0 Å². The van der Waals surface area contributed by atoms with Crippen LogP contribution in [0.1, 0.15) is 40.1 Å². The first-order valence-electron chi connectivity index (χ1n) is 10.7. The molecule has 3 rings (SSSR count). The number of carbonyl (C=O) groups excluding carboxylic acids is 2. The molecule has 0 aliphatic heterocycles. The number of esters is 1. The van der Waals surface area contributed by atoms with Gasteiger partial charge in [-0.3, -0.25) is 4.79 Å². The van der Waals surface area contributed by atoms with E-state index in [4.69, 9.17) is 18.9 Å². The second kappa shape index (κ2) is 12.1. The van der Waals surface area contributed by atoms with Crippen LogP contribution in [0, 0.1) is 0 Å². The van der Waals surface area contributed by atoms with Gasteiger partial charge in [-0.25, -0.2) is 10.2 Å². The molecule has 176 valence electrons. The molecule has 0 saturated carbocycles. The summed E-state index contributed by atoms with van der Waals surface area (Å²) in [7, 11) is 1.47. The highest BCUT2D eigenvalue weighted by molar-refractivity contribution is 5.97.